The van der Waals surface area contributed by atoms with Crippen molar-refractivity contribution in [1.82, 2.24) is 0 Å². The predicted molar refractivity (Wildman–Crippen MR) is 66.1 cm³/mol. The van der Waals surface area contributed by atoms with Crippen molar-refractivity contribution in [2.24, 2.45) is 5.92 Å². The molecule has 0 fully saturated rings. The molecule has 0 spiro atoms. The minimum absolute atomic E-state index is 0.162. The third-order valence-corrected chi connectivity index (χ3v) is 3.47. The Morgan fingerprint density at radius 3 is 2.29 bits per heavy atom. The topological polar surface area (TPSA) is 35.5 Å². The van der Waals surface area contributed by atoms with Crippen LogP contribution >= 0.6 is 0 Å². The SMILES string of the molecule is COc1ccc(OC)c2c1C(=O)CC2C(C)C. The van der Waals surface area contributed by atoms with Gasteiger partial charge in [0.15, 0.2) is 5.78 Å². The number of Topliss-reactive ketones (excluding diaryl/α,β-unsaturated/α-hetero) is 1. The zero-order valence-electron chi connectivity index (χ0n) is 10.7. The summed E-state index contributed by atoms with van der Waals surface area (Å²) in [6.45, 7) is 4.26. The second kappa shape index (κ2) is 4.40. The van der Waals surface area contributed by atoms with E-state index in [0.717, 1.165) is 11.3 Å². The predicted octanol–water partition coefficient (Wildman–Crippen LogP) is 3.03. The van der Waals surface area contributed by atoms with Crippen LogP contribution in [0.3, 0.4) is 0 Å². The normalized spacial score (nSPS) is 18.4. The van der Waals surface area contributed by atoms with Gasteiger partial charge in [-0.2, -0.15) is 0 Å². The average Bonchev–Trinajstić information content (AvgIpc) is 2.67. The van der Waals surface area contributed by atoms with Crippen molar-refractivity contribution in [2.45, 2.75) is 26.2 Å². The first-order valence-electron chi connectivity index (χ1n) is 5.88. The highest BCUT2D eigenvalue weighted by molar-refractivity contribution is 6.04. The zero-order chi connectivity index (χ0) is 12.6. The maximum atomic E-state index is 12.1. The van der Waals surface area contributed by atoms with E-state index in [9.17, 15) is 4.79 Å². The molecule has 1 atom stereocenters. The molecule has 1 unspecified atom stereocenters. The van der Waals surface area contributed by atoms with Gasteiger partial charge in [-0.05, 0) is 24.0 Å². The highest BCUT2D eigenvalue weighted by atomic mass is 16.5. The molecule has 17 heavy (non-hydrogen) atoms. The second-order valence-corrected chi connectivity index (χ2v) is 4.74. The largest absolute Gasteiger partial charge is 0.496 e. The Bertz CT molecular complexity index is 449. The molecule has 0 amide bonds. The monoisotopic (exact) mass is 234 g/mol. The van der Waals surface area contributed by atoms with Crippen molar-refractivity contribution in [3.8, 4) is 11.5 Å². The maximum Gasteiger partial charge on any atom is 0.167 e. The lowest BCUT2D eigenvalue weighted by Gasteiger charge is -2.18. The Morgan fingerprint density at radius 2 is 1.76 bits per heavy atom. The van der Waals surface area contributed by atoms with Crippen LogP contribution in [0, 0.1) is 5.92 Å². The van der Waals surface area contributed by atoms with Crippen LogP contribution in [0.25, 0.3) is 0 Å². The van der Waals surface area contributed by atoms with Crippen LogP contribution in [0.15, 0.2) is 12.1 Å². The Kier molecular flexibility index (Phi) is 3.09. The molecule has 0 saturated heterocycles. The maximum absolute atomic E-state index is 12.1. The number of ketones is 1. The lowest BCUT2D eigenvalue weighted by Crippen LogP contribution is -2.04. The quantitative estimate of drug-likeness (QED) is 0.806. The molecule has 0 heterocycles. The van der Waals surface area contributed by atoms with Crippen LogP contribution in [-0.4, -0.2) is 20.0 Å². The van der Waals surface area contributed by atoms with Crippen molar-refractivity contribution in [2.75, 3.05) is 14.2 Å². The molecule has 2 rings (SSSR count). The summed E-state index contributed by atoms with van der Waals surface area (Å²) < 4.78 is 10.7. The lowest BCUT2D eigenvalue weighted by atomic mass is 9.89. The van der Waals surface area contributed by atoms with Crippen LogP contribution in [0.5, 0.6) is 11.5 Å². The van der Waals surface area contributed by atoms with E-state index in [2.05, 4.69) is 13.8 Å². The number of methoxy groups -OCH3 is 2. The number of fused-ring (bicyclic) bond motifs is 1. The molecule has 92 valence electrons. The van der Waals surface area contributed by atoms with Crippen LogP contribution < -0.4 is 9.47 Å². The minimum Gasteiger partial charge on any atom is -0.496 e. The number of carbonyl (C=O) groups excluding carboxylic acids is 1. The molecule has 1 aliphatic rings. The summed E-state index contributed by atoms with van der Waals surface area (Å²) in [6.07, 6.45) is 0.559. The highest BCUT2D eigenvalue weighted by Gasteiger charge is 2.36. The molecule has 0 bridgehead atoms. The van der Waals surface area contributed by atoms with E-state index in [1.807, 2.05) is 6.07 Å². The van der Waals surface area contributed by atoms with Gasteiger partial charge in [0.05, 0.1) is 19.8 Å². The summed E-state index contributed by atoms with van der Waals surface area (Å²) in [5.74, 6) is 2.28. The van der Waals surface area contributed by atoms with Gasteiger partial charge in [0.2, 0.25) is 0 Å². The fraction of sp³-hybridized carbons (Fsp3) is 0.500. The molecule has 0 aromatic heterocycles. The van der Waals surface area contributed by atoms with Crippen molar-refractivity contribution in [3.63, 3.8) is 0 Å². The van der Waals surface area contributed by atoms with Gasteiger partial charge in [0.25, 0.3) is 0 Å². The lowest BCUT2D eigenvalue weighted by molar-refractivity contribution is 0.0982. The molecule has 0 saturated carbocycles. The van der Waals surface area contributed by atoms with Crippen LogP contribution in [-0.2, 0) is 0 Å². The van der Waals surface area contributed by atoms with Gasteiger partial charge in [0, 0.05) is 12.0 Å². The molecule has 1 aromatic carbocycles. The number of hydrogen-bond acceptors (Lipinski definition) is 3. The molecule has 0 aliphatic heterocycles. The van der Waals surface area contributed by atoms with Crippen LogP contribution in [0.4, 0.5) is 0 Å². The van der Waals surface area contributed by atoms with Gasteiger partial charge in [-0.25, -0.2) is 0 Å². The third-order valence-electron chi connectivity index (χ3n) is 3.47. The van der Waals surface area contributed by atoms with Gasteiger partial charge in [0.1, 0.15) is 11.5 Å². The van der Waals surface area contributed by atoms with E-state index in [4.69, 9.17) is 9.47 Å². The van der Waals surface area contributed by atoms with Gasteiger partial charge in [-0.15, -0.1) is 0 Å². The van der Waals surface area contributed by atoms with Gasteiger partial charge >= 0.3 is 0 Å². The van der Waals surface area contributed by atoms with E-state index >= 15 is 0 Å². The number of carbonyl (C=O) groups is 1. The second-order valence-electron chi connectivity index (χ2n) is 4.74. The molecular weight excluding hydrogens is 216 g/mol. The van der Waals surface area contributed by atoms with E-state index in [-0.39, 0.29) is 11.7 Å². The molecule has 3 nitrogen and oxygen atoms in total. The van der Waals surface area contributed by atoms with Crippen molar-refractivity contribution in [3.05, 3.63) is 23.3 Å². The fourth-order valence-corrected chi connectivity index (χ4v) is 2.56. The highest BCUT2D eigenvalue weighted by Crippen LogP contribution is 2.46. The number of hydrogen-bond donors (Lipinski definition) is 0. The molecule has 3 heteroatoms. The first-order valence-corrected chi connectivity index (χ1v) is 5.88. The summed E-state index contributed by atoms with van der Waals surface area (Å²) in [5, 5.41) is 0. The molecule has 1 aromatic rings. The van der Waals surface area contributed by atoms with E-state index in [1.54, 1.807) is 20.3 Å². The van der Waals surface area contributed by atoms with E-state index in [0.29, 0.717) is 23.7 Å². The fourth-order valence-electron chi connectivity index (χ4n) is 2.56. The van der Waals surface area contributed by atoms with Crippen molar-refractivity contribution < 1.29 is 14.3 Å². The standard InChI is InChI=1S/C14H18O3/c1-8(2)9-7-10(15)14-12(17-4)6-5-11(16-3)13(9)14/h5-6,8-9H,7H2,1-4H3. The smallest absolute Gasteiger partial charge is 0.167 e. The molecule has 1 aliphatic carbocycles. The Balaban J connectivity index is 2.64. The van der Waals surface area contributed by atoms with Crippen molar-refractivity contribution in [1.29, 1.82) is 0 Å². The van der Waals surface area contributed by atoms with Gasteiger partial charge < -0.3 is 9.47 Å². The Morgan fingerprint density at radius 1 is 1.18 bits per heavy atom. The van der Waals surface area contributed by atoms with Gasteiger partial charge in [-0.1, -0.05) is 13.8 Å². The summed E-state index contributed by atoms with van der Waals surface area (Å²) in [7, 11) is 3.24. The summed E-state index contributed by atoms with van der Waals surface area (Å²) in [4.78, 5) is 12.1. The van der Waals surface area contributed by atoms with Crippen molar-refractivity contribution >= 4 is 5.78 Å². The zero-order valence-corrected chi connectivity index (χ0v) is 10.7. The number of ether oxygens (including phenoxy) is 2. The first-order chi connectivity index (χ1) is 8.10. The average molecular weight is 234 g/mol. The third kappa shape index (κ3) is 1.79. The summed E-state index contributed by atoms with van der Waals surface area (Å²) in [6, 6.07) is 3.68. The Labute approximate surface area is 102 Å². The Hall–Kier alpha value is -1.51. The molecule has 0 N–H and O–H groups in total. The molecule has 0 radical (unpaired) electrons. The number of benzene rings is 1. The van der Waals surface area contributed by atoms with E-state index < -0.39 is 0 Å². The van der Waals surface area contributed by atoms with Crippen LogP contribution in [0.1, 0.15) is 42.1 Å². The summed E-state index contributed by atoms with van der Waals surface area (Å²) >= 11 is 0. The summed E-state index contributed by atoms with van der Waals surface area (Å²) in [5.41, 5.74) is 1.73. The van der Waals surface area contributed by atoms with Gasteiger partial charge in [-0.3, -0.25) is 4.79 Å². The van der Waals surface area contributed by atoms with Crippen LogP contribution in [0.2, 0.25) is 0 Å². The minimum atomic E-state index is 0.162. The first kappa shape index (κ1) is 12.0. The van der Waals surface area contributed by atoms with E-state index in [1.165, 1.54) is 0 Å². The number of rotatable bonds is 3. The molecular formula is C14H18O3.